The lowest BCUT2D eigenvalue weighted by molar-refractivity contribution is -0.121. The number of fused-ring (bicyclic) bond motifs is 2. The molecule has 3 nitrogen and oxygen atoms in total. The van der Waals surface area contributed by atoms with Gasteiger partial charge >= 0.3 is 0 Å². The summed E-state index contributed by atoms with van der Waals surface area (Å²) < 4.78 is 5.13. The van der Waals surface area contributed by atoms with Gasteiger partial charge in [0.25, 0.3) is 0 Å². The maximum Gasteiger partial charge on any atom is 0.224 e. The van der Waals surface area contributed by atoms with Gasteiger partial charge in [0, 0.05) is 6.04 Å². The second kappa shape index (κ2) is 6.08. The number of ether oxygens (including phenoxy) is 1. The highest BCUT2D eigenvalue weighted by molar-refractivity contribution is 5.78. The summed E-state index contributed by atoms with van der Waals surface area (Å²) in [5, 5.41) is 3.21. The zero-order valence-electron chi connectivity index (χ0n) is 13.0. The molecule has 0 saturated heterocycles. The average Bonchev–Trinajstić information content (AvgIpc) is 3.10. The average molecular weight is 287 g/mol. The summed E-state index contributed by atoms with van der Waals surface area (Å²) in [6.07, 6.45) is 5.94. The molecule has 4 atom stereocenters. The summed E-state index contributed by atoms with van der Waals surface area (Å²) in [7, 11) is 1.65. The molecule has 2 aliphatic carbocycles. The predicted octanol–water partition coefficient (Wildman–Crippen LogP) is 3.18. The van der Waals surface area contributed by atoms with Crippen molar-refractivity contribution in [2.24, 2.45) is 17.8 Å². The lowest BCUT2D eigenvalue weighted by Crippen LogP contribution is -2.40. The van der Waals surface area contributed by atoms with E-state index in [1.807, 2.05) is 24.3 Å². The Kier molecular flexibility index (Phi) is 4.18. The van der Waals surface area contributed by atoms with Gasteiger partial charge in [-0.25, -0.2) is 0 Å². The molecule has 0 spiro atoms. The quantitative estimate of drug-likeness (QED) is 0.903. The molecule has 1 aromatic rings. The maximum atomic E-state index is 12.2. The molecular formula is C18H25NO2. The molecule has 2 aliphatic rings. The topological polar surface area (TPSA) is 38.3 Å². The zero-order valence-corrected chi connectivity index (χ0v) is 13.0. The van der Waals surface area contributed by atoms with Gasteiger partial charge in [0.05, 0.1) is 13.5 Å². The van der Waals surface area contributed by atoms with Gasteiger partial charge in [-0.3, -0.25) is 4.79 Å². The van der Waals surface area contributed by atoms with E-state index in [2.05, 4.69) is 12.2 Å². The van der Waals surface area contributed by atoms with Crippen molar-refractivity contribution in [2.75, 3.05) is 7.11 Å². The van der Waals surface area contributed by atoms with Crippen molar-refractivity contribution in [1.29, 1.82) is 0 Å². The predicted molar refractivity (Wildman–Crippen MR) is 83.2 cm³/mol. The van der Waals surface area contributed by atoms with Crippen molar-refractivity contribution in [3.8, 4) is 5.75 Å². The van der Waals surface area contributed by atoms with Crippen LogP contribution in [0.1, 0.15) is 38.2 Å². The van der Waals surface area contributed by atoms with Crippen LogP contribution in [0.3, 0.4) is 0 Å². The van der Waals surface area contributed by atoms with Crippen LogP contribution in [-0.2, 0) is 11.2 Å². The van der Waals surface area contributed by atoms with Crippen LogP contribution in [-0.4, -0.2) is 19.1 Å². The minimum Gasteiger partial charge on any atom is -0.497 e. The Balaban J connectivity index is 1.51. The second-order valence-corrected chi connectivity index (χ2v) is 6.72. The van der Waals surface area contributed by atoms with E-state index in [1.165, 1.54) is 25.7 Å². The highest BCUT2D eigenvalue weighted by Crippen LogP contribution is 2.49. The number of carbonyl (C=O) groups excluding carboxylic acids is 1. The highest BCUT2D eigenvalue weighted by Gasteiger charge is 2.42. The molecule has 0 aliphatic heterocycles. The van der Waals surface area contributed by atoms with Gasteiger partial charge in [0.2, 0.25) is 5.91 Å². The SMILES string of the molecule is COc1ccc(CC(=O)N[C@H](C)[C@@H]2C[C@H]3CC[C@H]2C3)cc1. The molecule has 1 N–H and O–H groups in total. The van der Waals surface area contributed by atoms with Gasteiger partial charge in [-0.05, 0) is 61.6 Å². The molecule has 0 unspecified atom stereocenters. The number of hydrogen-bond acceptors (Lipinski definition) is 2. The van der Waals surface area contributed by atoms with Crippen molar-refractivity contribution in [3.63, 3.8) is 0 Å². The molecule has 114 valence electrons. The van der Waals surface area contributed by atoms with Crippen molar-refractivity contribution in [1.82, 2.24) is 5.32 Å². The lowest BCUT2D eigenvalue weighted by Gasteiger charge is -2.28. The van der Waals surface area contributed by atoms with E-state index < -0.39 is 0 Å². The maximum absolute atomic E-state index is 12.2. The summed E-state index contributed by atoms with van der Waals surface area (Å²) >= 11 is 0. The molecule has 3 heteroatoms. The van der Waals surface area contributed by atoms with Crippen LogP contribution in [0.4, 0.5) is 0 Å². The van der Waals surface area contributed by atoms with E-state index in [0.29, 0.717) is 18.4 Å². The van der Waals surface area contributed by atoms with E-state index in [-0.39, 0.29) is 5.91 Å². The van der Waals surface area contributed by atoms with Crippen LogP contribution in [0, 0.1) is 17.8 Å². The largest absolute Gasteiger partial charge is 0.497 e. The van der Waals surface area contributed by atoms with Crippen molar-refractivity contribution in [2.45, 2.75) is 45.1 Å². The molecule has 0 heterocycles. The van der Waals surface area contributed by atoms with Crippen molar-refractivity contribution in [3.05, 3.63) is 29.8 Å². The monoisotopic (exact) mass is 287 g/mol. The number of benzene rings is 1. The van der Waals surface area contributed by atoms with E-state index >= 15 is 0 Å². The first-order valence-corrected chi connectivity index (χ1v) is 8.08. The van der Waals surface area contributed by atoms with Gasteiger partial charge in [-0.2, -0.15) is 0 Å². The summed E-state index contributed by atoms with van der Waals surface area (Å²) in [4.78, 5) is 12.2. The zero-order chi connectivity index (χ0) is 14.8. The van der Waals surface area contributed by atoms with Gasteiger partial charge in [0.1, 0.15) is 5.75 Å². The van der Waals surface area contributed by atoms with Crippen LogP contribution < -0.4 is 10.1 Å². The van der Waals surface area contributed by atoms with Crippen LogP contribution >= 0.6 is 0 Å². The van der Waals surface area contributed by atoms with Gasteiger partial charge < -0.3 is 10.1 Å². The molecule has 1 amide bonds. The fourth-order valence-corrected chi connectivity index (χ4v) is 4.25. The smallest absolute Gasteiger partial charge is 0.224 e. The number of hydrogen-bond donors (Lipinski definition) is 1. The van der Waals surface area contributed by atoms with E-state index in [1.54, 1.807) is 7.11 Å². The summed E-state index contributed by atoms with van der Waals surface area (Å²) in [5.74, 6) is 3.45. The Morgan fingerprint density at radius 2 is 2.05 bits per heavy atom. The van der Waals surface area contributed by atoms with Crippen LogP contribution in [0.2, 0.25) is 0 Å². The fraction of sp³-hybridized carbons (Fsp3) is 0.611. The Morgan fingerprint density at radius 3 is 2.62 bits per heavy atom. The molecule has 2 bridgehead atoms. The molecular weight excluding hydrogens is 262 g/mol. The Labute approximate surface area is 127 Å². The lowest BCUT2D eigenvalue weighted by atomic mass is 9.84. The third-order valence-corrected chi connectivity index (χ3v) is 5.35. The Morgan fingerprint density at radius 1 is 1.29 bits per heavy atom. The minimum atomic E-state index is 0.135. The van der Waals surface area contributed by atoms with Gasteiger partial charge in [-0.1, -0.05) is 18.6 Å². The van der Waals surface area contributed by atoms with Crippen molar-refractivity contribution >= 4 is 5.91 Å². The standard InChI is InChI=1S/C18H25NO2/c1-12(17-10-14-3-6-15(17)9-14)19-18(20)11-13-4-7-16(21-2)8-5-13/h4-5,7-8,12,14-15,17H,3,6,9-11H2,1-2H3,(H,19,20)/t12-,14+,15+,17+/m1/s1. The molecule has 0 radical (unpaired) electrons. The van der Waals surface area contributed by atoms with E-state index in [0.717, 1.165) is 23.1 Å². The third-order valence-electron chi connectivity index (χ3n) is 5.35. The number of methoxy groups -OCH3 is 1. The Bertz CT molecular complexity index is 496. The Hall–Kier alpha value is -1.51. The summed E-state index contributed by atoms with van der Waals surface area (Å²) in [6.45, 7) is 2.18. The summed E-state index contributed by atoms with van der Waals surface area (Å²) in [6, 6.07) is 8.04. The molecule has 2 saturated carbocycles. The molecule has 21 heavy (non-hydrogen) atoms. The van der Waals surface area contributed by atoms with Crippen LogP contribution in [0.15, 0.2) is 24.3 Å². The van der Waals surface area contributed by atoms with Gasteiger partial charge in [-0.15, -0.1) is 0 Å². The van der Waals surface area contributed by atoms with Crippen molar-refractivity contribution < 1.29 is 9.53 Å². The third kappa shape index (κ3) is 3.22. The molecule has 0 aromatic heterocycles. The van der Waals surface area contributed by atoms with Gasteiger partial charge in [0.15, 0.2) is 0 Å². The fourth-order valence-electron chi connectivity index (χ4n) is 4.25. The first-order valence-electron chi connectivity index (χ1n) is 8.08. The second-order valence-electron chi connectivity index (χ2n) is 6.72. The van der Waals surface area contributed by atoms with E-state index in [4.69, 9.17) is 4.74 Å². The normalized spacial score (nSPS) is 28.4. The number of rotatable bonds is 5. The molecule has 3 rings (SSSR count). The van der Waals surface area contributed by atoms with Crippen LogP contribution in [0.5, 0.6) is 5.75 Å². The number of carbonyl (C=O) groups is 1. The minimum absolute atomic E-state index is 0.135. The van der Waals surface area contributed by atoms with E-state index in [9.17, 15) is 4.79 Å². The highest BCUT2D eigenvalue weighted by atomic mass is 16.5. The first-order chi connectivity index (χ1) is 10.2. The summed E-state index contributed by atoms with van der Waals surface area (Å²) in [5.41, 5.74) is 1.04. The number of nitrogens with one attached hydrogen (secondary N) is 1. The molecule has 1 aromatic carbocycles. The van der Waals surface area contributed by atoms with Crippen LogP contribution in [0.25, 0.3) is 0 Å². The molecule has 2 fully saturated rings. The first kappa shape index (κ1) is 14.4. The number of amides is 1.